The molecule has 4 heteroatoms. The minimum Gasteiger partial charge on any atom is -0.507 e. The Labute approximate surface area is 109 Å². The Morgan fingerprint density at radius 2 is 1.94 bits per heavy atom. The number of phenolic OH excluding ortho intramolecular Hbond substituents is 1. The van der Waals surface area contributed by atoms with Gasteiger partial charge in [-0.3, -0.25) is 0 Å². The van der Waals surface area contributed by atoms with Crippen LogP contribution < -0.4 is 10.1 Å². The molecule has 0 aliphatic carbocycles. The lowest BCUT2D eigenvalue weighted by atomic mass is 9.84. The summed E-state index contributed by atoms with van der Waals surface area (Å²) in [5, 5.41) is 23.2. The van der Waals surface area contributed by atoms with E-state index in [0.717, 1.165) is 5.56 Å². The van der Waals surface area contributed by atoms with Gasteiger partial charge in [0.15, 0.2) is 0 Å². The van der Waals surface area contributed by atoms with Gasteiger partial charge in [0.1, 0.15) is 11.5 Å². The van der Waals surface area contributed by atoms with Gasteiger partial charge in [0.2, 0.25) is 0 Å². The molecule has 0 spiro atoms. The molecule has 1 unspecified atom stereocenters. The molecule has 0 bridgehead atoms. The third-order valence-electron chi connectivity index (χ3n) is 2.91. The van der Waals surface area contributed by atoms with Crippen LogP contribution in [0.4, 0.5) is 0 Å². The summed E-state index contributed by atoms with van der Waals surface area (Å²) in [6, 6.07) is 3.48. The van der Waals surface area contributed by atoms with Crippen molar-refractivity contribution in [2.75, 3.05) is 20.7 Å². The quantitative estimate of drug-likeness (QED) is 0.767. The topological polar surface area (TPSA) is 61.7 Å². The number of aliphatic hydroxyl groups is 1. The average molecular weight is 253 g/mol. The molecule has 1 aromatic carbocycles. The Kier molecular flexibility index (Phi) is 4.59. The van der Waals surface area contributed by atoms with Crippen molar-refractivity contribution >= 4 is 0 Å². The van der Waals surface area contributed by atoms with Crippen molar-refractivity contribution in [1.82, 2.24) is 5.32 Å². The molecular weight excluding hydrogens is 230 g/mol. The van der Waals surface area contributed by atoms with E-state index in [1.54, 1.807) is 20.2 Å². The molecule has 1 atom stereocenters. The number of hydrogen-bond donors (Lipinski definition) is 3. The smallest absolute Gasteiger partial charge is 0.125 e. The lowest BCUT2D eigenvalue weighted by molar-refractivity contribution is 0.173. The van der Waals surface area contributed by atoms with E-state index in [1.807, 2.05) is 26.8 Å². The molecule has 0 saturated carbocycles. The van der Waals surface area contributed by atoms with Crippen molar-refractivity contribution in [2.45, 2.75) is 32.3 Å². The normalized spacial score (nSPS) is 13.4. The summed E-state index contributed by atoms with van der Waals surface area (Å²) in [5.41, 5.74) is 1.05. The van der Waals surface area contributed by atoms with E-state index in [0.29, 0.717) is 17.9 Å². The highest BCUT2D eigenvalue weighted by Crippen LogP contribution is 2.39. The van der Waals surface area contributed by atoms with E-state index in [4.69, 9.17) is 4.74 Å². The number of benzene rings is 1. The highest BCUT2D eigenvalue weighted by Gasteiger charge is 2.24. The number of likely N-dealkylation sites (N-methyl/N-ethyl adjacent to an activating group) is 1. The fourth-order valence-corrected chi connectivity index (χ4v) is 1.88. The summed E-state index contributed by atoms with van der Waals surface area (Å²) < 4.78 is 5.23. The van der Waals surface area contributed by atoms with Crippen LogP contribution in [-0.2, 0) is 5.41 Å². The van der Waals surface area contributed by atoms with Crippen molar-refractivity contribution in [3.63, 3.8) is 0 Å². The molecule has 0 heterocycles. The number of rotatable bonds is 4. The van der Waals surface area contributed by atoms with Crippen LogP contribution in [0.5, 0.6) is 11.5 Å². The monoisotopic (exact) mass is 253 g/mol. The van der Waals surface area contributed by atoms with E-state index < -0.39 is 6.10 Å². The first-order valence-corrected chi connectivity index (χ1v) is 6.05. The number of ether oxygens (including phenoxy) is 1. The summed E-state index contributed by atoms with van der Waals surface area (Å²) in [7, 11) is 3.33. The van der Waals surface area contributed by atoms with E-state index in [2.05, 4.69) is 5.32 Å². The van der Waals surface area contributed by atoms with Crippen LogP contribution >= 0.6 is 0 Å². The van der Waals surface area contributed by atoms with Crippen LogP contribution in [0, 0.1) is 0 Å². The van der Waals surface area contributed by atoms with Crippen molar-refractivity contribution in [2.24, 2.45) is 0 Å². The van der Waals surface area contributed by atoms with Gasteiger partial charge in [-0.2, -0.15) is 0 Å². The number of aromatic hydroxyl groups is 1. The summed E-state index contributed by atoms with van der Waals surface area (Å²) in [5.74, 6) is 0.786. The van der Waals surface area contributed by atoms with Gasteiger partial charge in [-0.15, -0.1) is 0 Å². The van der Waals surface area contributed by atoms with E-state index in [1.165, 1.54) is 0 Å². The Morgan fingerprint density at radius 1 is 1.33 bits per heavy atom. The molecule has 0 radical (unpaired) electrons. The highest BCUT2D eigenvalue weighted by molar-refractivity contribution is 5.50. The first kappa shape index (κ1) is 14.8. The second kappa shape index (κ2) is 5.59. The third kappa shape index (κ3) is 3.15. The van der Waals surface area contributed by atoms with E-state index in [9.17, 15) is 10.2 Å². The average Bonchev–Trinajstić information content (AvgIpc) is 2.28. The predicted octanol–water partition coefficient (Wildman–Crippen LogP) is 1.95. The molecule has 0 aliphatic rings. The minimum atomic E-state index is -0.758. The Morgan fingerprint density at radius 3 is 2.39 bits per heavy atom. The molecule has 0 amide bonds. The largest absolute Gasteiger partial charge is 0.507 e. The lowest BCUT2D eigenvalue weighted by Crippen LogP contribution is -2.18. The third-order valence-corrected chi connectivity index (χ3v) is 2.91. The van der Waals surface area contributed by atoms with Gasteiger partial charge in [-0.1, -0.05) is 20.8 Å². The standard InChI is InChI=1S/C14H23NO3/c1-14(2,3)11-7-9(18-5)6-10(13(11)17)12(16)8-15-4/h6-7,12,15-17H,8H2,1-5H3. The fourth-order valence-electron chi connectivity index (χ4n) is 1.88. The first-order chi connectivity index (χ1) is 8.31. The van der Waals surface area contributed by atoms with Crippen molar-refractivity contribution < 1.29 is 14.9 Å². The summed E-state index contributed by atoms with van der Waals surface area (Å²) in [6.07, 6.45) is -0.758. The summed E-state index contributed by atoms with van der Waals surface area (Å²) in [4.78, 5) is 0. The molecule has 0 saturated heterocycles. The van der Waals surface area contributed by atoms with Crippen LogP contribution in [0.1, 0.15) is 38.0 Å². The predicted molar refractivity (Wildman–Crippen MR) is 72.2 cm³/mol. The van der Waals surface area contributed by atoms with Crippen LogP contribution in [0.25, 0.3) is 0 Å². The number of aliphatic hydroxyl groups excluding tert-OH is 1. The maximum atomic E-state index is 10.3. The van der Waals surface area contributed by atoms with Crippen LogP contribution in [0.2, 0.25) is 0 Å². The van der Waals surface area contributed by atoms with Gasteiger partial charge in [-0.05, 0) is 24.6 Å². The maximum absolute atomic E-state index is 10.3. The Balaban J connectivity index is 3.34. The first-order valence-electron chi connectivity index (χ1n) is 6.05. The number of nitrogens with one attached hydrogen (secondary N) is 1. The molecule has 0 fully saturated rings. The summed E-state index contributed by atoms with van der Waals surface area (Å²) in [6.45, 7) is 6.41. The van der Waals surface area contributed by atoms with Gasteiger partial charge in [-0.25, -0.2) is 0 Å². The van der Waals surface area contributed by atoms with E-state index in [-0.39, 0.29) is 11.2 Å². The van der Waals surface area contributed by atoms with Gasteiger partial charge < -0.3 is 20.3 Å². The van der Waals surface area contributed by atoms with Crippen LogP contribution in [-0.4, -0.2) is 30.9 Å². The minimum absolute atomic E-state index is 0.144. The van der Waals surface area contributed by atoms with Crippen molar-refractivity contribution in [3.05, 3.63) is 23.3 Å². The molecule has 1 aromatic rings. The van der Waals surface area contributed by atoms with Crippen LogP contribution in [0.15, 0.2) is 12.1 Å². The zero-order valence-electron chi connectivity index (χ0n) is 11.7. The maximum Gasteiger partial charge on any atom is 0.125 e. The second-order valence-electron chi connectivity index (χ2n) is 5.44. The van der Waals surface area contributed by atoms with Crippen molar-refractivity contribution in [1.29, 1.82) is 0 Å². The molecule has 18 heavy (non-hydrogen) atoms. The molecule has 102 valence electrons. The number of hydrogen-bond acceptors (Lipinski definition) is 4. The summed E-state index contributed by atoms with van der Waals surface area (Å²) >= 11 is 0. The molecule has 4 nitrogen and oxygen atoms in total. The second-order valence-corrected chi connectivity index (χ2v) is 5.44. The molecule has 3 N–H and O–H groups in total. The van der Waals surface area contributed by atoms with Crippen LogP contribution in [0.3, 0.4) is 0 Å². The Bertz CT molecular complexity index is 410. The molecule has 0 aromatic heterocycles. The zero-order chi connectivity index (χ0) is 13.9. The van der Waals surface area contributed by atoms with Gasteiger partial charge in [0.25, 0.3) is 0 Å². The number of methoxy groups -OCH3 is 1. The Hall–Kier alpha value is -1.26. The molecule has 0 aliphatic heterocycles. The zero-order valence-corrected chi connectivity index (χ0v) is 11.7. The molecular formula is C14H23NO3. The SMILES string of the molecule is CNCC(O)c1cc(OC)cc(C(C)(C)C)c1O. The molecule has 1 rings (SSSR count). The highest BCUT2D eigenvalue weighted by atomic mass is 16.5. The van der Waals surface area contributed by atoms with Gasteiger partial charge in [0, 0.05) is 17.7 Å². The number of phenols is 1. The van der Waals surface area contributed by atoms with Crippen molar-refractivity contribution in [3.8, 4) is 11.5 Å². The van der Waals surface area contributed by atoms with E-state index >= 15 is 0 Å². The fraction of sp³-hybridized carbons (Fsp3) is 0.571. The van der Waals surface area contributed by atoms with Gasteiger partial charge >= 0.3 is 0 Å². The lowest BCUT2D eigenvalue weighted by Gasteiger charge is -2.24. The van der Waals surface area contributed by atoms with Gasteiger partial charge in [0.05, 0.1) is 13.2 Å².